The molecular weight excluding hydrogens is 292 g/mol. The van der Waals surface area contributed by atoms with E-state index >= 15 is 0 Å². The fraction of sp³-hybridized carbons (Fsp3) is 0.667. The summed E-state index contributed by atoms with van der Waals surface area (Å²) < 4.78 is 12.0. The molecule has 2 atom stereocenters. The van der Waals surface area contributed by atoms with Crippen molar-refractivity contribution in [2.45, 2.75) is 43.8 Å². The van der Waals surface area contributed by atoms with Crippen LogP contribution in [0.5, 0.6) is 0 Å². The van der Waals surface area contributed by atoms with Crippen molar-refractivity contribution >= 4 is 5.91 Å². The predicted molar refractivity (Wildman–Crippen MR) is 84.9 cm³/mol. The summed E-state index contributed by atoms with van der Waals surface area (Å²) in [6, 6.07) is 5.69. The highest BCUT2D eigenvalue weighted by molar-refractivity contribution is 5.78. The molecule has 1 aromatic rings. The number of likely N-dealkylation sites (tertiary alicyclic amines) is 1. The van der Waals surface area contributed by atoms with E-state index in [1.165, 1.54) is 12.8 Å². The van der Waals surface area contributed by atoms with Crippen LogP contribution in [0, 0.1) is 5.92 Å². The van der Waals surface area contributed by atoms with Gasteiger partial charge in [-0.1, -0.05) is 6.07 Å². The maximum absolute atomic E-state index is 12.5. The second kappa shape index (κ2) is 6.21. The Balaban J connectivity index is 1.29. The van der Waals surface area contributed by atoms with Crippen LogP contribution in [0.25, 0.3) is 0 Å². The summed E-state index contributed by atoms with van der Waals surface area (Å²) in [7, 11) is 0. The van der Waals surface area contributed by atoms with Crippen LogP contribution in [0.15, 0.2) is 24.4 Å². The van der Waals surface area contributed by atoms with Crippen LogP contribution in [0.4, 0.5) is 0 Å². The fourth-order valence-electron chi connectivity index (χ4n) is 3.58. The van der Waals surface area contributed by atoms with E-state index in [0.717, 1.165) is 37.6 Å². The number of pyridine rings is 1. The van der Waals surface area contributed by atoms with Gasteiger partial charge in [-0.05, 0) is 37.3 Å². The molecule has 4 rings (SSSR count). The van der Waals surface area contributed by atoms with Crippen LogP contribution < -0.4 is 0 Å². The molecule has 0 N–H and O–H groups in total. The van der Waals surface area contributed by atoms with Crippen LogP contribution >= 0.6 is 0 Å². The van der Waals surface area contributed by atoms with Gasteiger partial charge in [-0.15, -0.1) is 0 Å². The minimum absolute atomic E-state index is 0.145. The number of carbonyl (C=O) groups excluding carboxylic acids is 1. The zero-order valence-electron chi connectivity index (χ0n) is 13.4. The van der Waals surface area contributed by atoms with Crippen molar-refractivity contribution in [2.75, 3.05) is 26.3 Å². The Morgan fingerprint density at radius 2 is 2.35 bits per heavy atom. The number of nitrogens with zero attached hydrogens (tertiary/aromatic N) is 2. The Labute approximate surface area is 137 Å². The largest absolute Gasteiger partial charge is 0.375 e. The molecule has 3 fully saturated rings. The first-order valence-corrected chi connectivity index (χ1v) is 8.66. The van der Waals surface area contributed by atoms with E-state index in [9.17, 15) is 4.79 Å². The molecule has 5 nitrogen and oxygen atoms in total. The standard InChI is InChI=1S/C18H24N2O3/c21-17(9-15-3-1-2-7-19-15)20-8-6-18(13-20)10-16(12-23-18)22-11-14-4-5-14/h1-3,7,14,16H,4-6,8-13H2. The number of hydrogen-bond acceptors (Lipinski definition) is 4. The van der Waals surface area contributed by atoms with Crippen molar-refractivity contribution in [3.05, 3.63) is 30.1 Å². The topological polar surface area (TPSA) is 51.7 Å². The third-order valence-corrected chi connectivity index (χ3v) is 5.17. The lowest BCUT2D eigenvalue weighted by Crippen LogP contribution is -2.36. The number of amides is 1. The molecule has 5 heteroatoms. The Morgan fingerprint density at radius 1 is 1.43 bits per heavy atom. The molecule has 124 valence electrons. The van der Waals surface area contributed by atoms with Crippen molar-refractivity contribution in [3.8, 4) is 0 Å². The van der Waals surface area contributed by atoms with E-state index in [1.54, 1.807) is 6.20 Å². The molecule has 0 bridgehead atoms. The minimum atomic E-state index is -0.173. The average molecular weight is 316 g/mol. The Morgan fingerprint density at radius 3 is 3.13 bits per heavy atom. The van der Waals surface area contributed by atoms with E-state index in [-0.39, 0.29) is 17.6 Å². The van der Waals surface area contributed by atoms with Gasteiger partial charge in [0.05, 0.1) is 24.7 Å². The second-order valence-corrected chi connectivity index (χ2v) is 7.16. The highest BCUT2D eigenvalue weighted by Crippen LogP contribution is 2.37. The van der Waals surface area contributed by atoms with E-state index in [0.29, 0.717) is 19.6 Å². The van der Waals surface area contributed by atoms with Gasteiger partial charge in [-0.3, -0.25) is 9.78 Å². The summed E-state index contributed by atoms with van der Waals surface area (Å²) in [5.41, 5.74) is 0.657. The molecule has 1 aliphatic carbocycles. The average Bonchev–Trinajstić information content (AvgIpc) is 3.18. The molecule has 0 radical (unpaired) electrons. The summed E-state index contributed by atoms with van der Waals surface area (Å²) in [5.74, 6) is 0.929. The first kappa shape index (κ1) is 15.1. The van der Waals surface area contributed by atoms with E-state index in [4.69, 9.17) is 9.47 Å². The zero-order valence-corrected chi connectivity index (χ0v) is 13.4. The fourth-order valence-corrected chi connectivity index (χ4v) is 3.58. The molecular formula is C18H24N2O3. The smallest absolute Gasteiger partial charge is 0.228 e. The van der Waals surface area contributed by atoms with Gasteiger partial charge < -0.3 is 14.4 Å². The maximum Gasteiger partial charge on any atom is 0.228 e. The van der Waals surface area contributed by atoms with Crippen molar-refractivity contribution in [1.29, 1.82) is 0 Å². The van der Waals surface area contributed by atoms with Crippen molar-refractivity contribution in [3.63, 3.8) is 0 Å². The van der Waals surface area contributed by atoms with E-state index in [2.05, 4.69) is 4.98 Å². The monoisotopic (exact) mass is 316 g/mol. The summed E-state index contributed by atoms with van der Waals surface area (Å²) >= 11 is 0. The number of rotatable bonds is 5. The van der Waals surface area contributed by atoms with Gasteiger partial charge in [0.25, 0.3) is 0 Å². The number of aromatic nitrogens is 1. The molecule has 1 amide bonds. The van der Waals surface area contributed by atoms with Gasteiger partial charge in [0.1, 0.15) is 0 Å². The quantitative estimate of drug-likeness (QED) is 0.831. The van der Waals surface area contributed by atoms with Crippen molar-refractivity contribution in [2.24, 2.45) is 5.92 Å². The minimum Gasteiger partial charge on any atom is -0.375 e. The summed E-state index contributed by atoms with van der Waals surface area (Å²) in [5, 5.41) is 0. The lowest BCUT2D eigenvalue weighted by Gasteiger charge is -2.23. The van der Waals surface area contributed by atoms with Crippen molar-refractivity contribution in [1.82, 2.24) is 9.88 Å². The molecule has 2 aliphatic heterocycles. The molecule has 1 aromatic heterocycles. The van der Waals surface area contributed by atoms with Gasteiger partial charge in [0, 0.05) is 38.0 Å². The summed E-state index contributed by atoms with van der Waals surface area (Å²) in [6.45, 7) is 3.03. The first-order chi connectivity index (χ1) is 11.2. The third-order valence-electron chi connectivity index (χ3n) is 5.17. The molecule has 1 saturated carbocycles. The summed E-state index contributed by atoms with van der Waals surface area (Å²) in [6.07, 6.45) is 6.79. The summed E-state index contributed by atoms with van der Waals surface area (Å²) in [4.78, 5) is 18.6. The molecule has 3 aliphatic rings. The lowest BCUT2D eigenvalue weighted by atomic mass is 9.98. The Hall–Kier alpha value is -1.46. The number of ether oxygens (including phenoxy) is 2. The lowest BCUT2D eigenvalue weighted by molar-refractivity contribution is -0.130. The van der Waals surface area contributed by atoms with Gasteiger partial charge >= 0.3 is 0 Å². The van der Waals surface area contributed by atoms with Crippen LogP contribution in [0.3, 0.4) is 0 Å². The number of hydrogen-bond donors (Lipinski definition) is 0. The normalized spacial score (nSPS) is 30.3. The van der Waals surface area contributed by atoms with Crippen molar-refractivity contribution < 1.29 is 14.3 Å². The molecule has 2 unspecified atom stereocenters. The molecule has 0 aromatic carbocycles. The van der Waals surface area contributed by atoms with Crippen LogP contribution in [0.1, 0.15) is 31.4 Å². The van der Waals surface area contributed by atoms with Gasteiger partial charge in [0.2, 0.25) is 5.91 Å². The van der Waals surface area contributed by atoms with Gasteiger partial charge in [-0.2, -0.15) is 0 Å². The Bertz CT molecular complexity index is 561. The van der Waals surface area contributed by atoms with Gasteiger partial charge in [0.15, 0.2) is 0 Å². The molecule has 3 heterocycles. The SMILES string of the molecule is O=C(Cc1ccccn1)N1CCC2(CC(OCC3CC3)CO2)C1. The Kier molecular flexibility index (Phi) is 4.07. The predicted octanol–water partition coefficient (Wildman–Crippen LogP) is 1.81. The van der Waals surface area contributed by atoms with E-state index < -0.39 is 0 Å². The molecule has 1 spiro atoms. The highest BCUT2D eigenvalue weighted by Gasteiger charge is 2.47. The maximum atomic E-state index is 12.5. The molecule has 23 heavy (non-hydrogen) atoms. The van der Waals surface area contributed by atoms with Crippen LogP contribution in [-0.2, 0) is 20.7 Å². The van der Waals surface area contributed by atoms with Gasteiger partial charge in [-0.25, -0.2) is 0 Å². The van der Waals surface area contributed by atoms with Crippen LogP contribution in [-0.4, -0.2) is 53.8 Å². The zero-order chi connectivity index (χ0) is 15.7. The third kappa shape index (κ3) is 3.56. The second-order valence-electron chi connectivity index (χ2n) is 7.16. The first-order valence-electron chi connectivity index (χ1n) is 8.66. The highest BCUT2D eigenvalue weighted by atomic mass is 16.6. The van der Waals surface area contributed by atoms with Crippen LogP contribution in [0.2, 0.25) is 0 Å². The number of carbonyl (C=O) groups is 1. The molecule has 2 saturated heterocycles. The van der Waals surface area contributed by atoms with E-state index in [1.807, 2.05) is 23.1 Å².